The topological polar surface area (TPSA) is 91.3 Å². The van der Waals surface area contributed by atoms with Crippen molar-refractivity contribution in [1.29, 1.82) is 0 Å². The van der Waals surface area contributed by atoms with Crippen LogP contribution in [0.3, 0.4) is 0 Å². The average molecular weight is 225 g/mol. The summed E-state index contributed by atoms with van der Waals surface area (Å²) in [6.45, 7) is 2.13. The van der Waals surface area contributed by atoms with Crippen LogP contribution in [0.25, 0.3) is 0 Å². The number of nitrogens with two attached hydrogens (primary N) is 1. The predicted molar refractivity (Wildman–Crippen MR) is 59.2 cm³/mol. The third-order valence-corrected chi connectivity index (χ3v) is 2.19. The molecular weight excluding hydrogens is 210 g/mol. The van der Waals surface area contributed by atoms with Gasteiger partial charge in [-0.15, -0.1) is 0 Å². The minimum Gasteiger partial charge on any atom is -0.383 e. The van der Waals surface area contributed by atoms with Gasteiger partial charge in [0.1, 0.15) is 6.20 Å². The van der Waals surface area contributed by atoms with Gasteiger partial charge in [-0.05, 0) is 13.0 Å². The molecule has 2 N–H and O–H groups in total. The molecule has 1 unspecified atom stereocenters. The number of methoxy groups -OCH3 is 1. The second kappa shape index (κ2) is 5.53. The molecule has 6 heteroatoms. The summed E-state index contributed by atoms with van der Waals surface area (Å²) in [5, 5.41) is 10.6. The zero-order valence-electron chi connectivity index (χ0n) is 9.34. The minimum absolute atomic E-state index is 0.0315. The molecule has 0 aliphatic rings. The Bertz CT molecular complexity index is 382. The van der Waals surface area contributed by atoms with Crippen molar-refractivity contribution in [3.8, 4) is 0 Å². The summed E-state index contributed by atoms with van der Waals surface area (Å²) < 4.78 is 4.91. The Morgan fingerprint density at radius 1 is 1.69 bits per heavy atom. The van der Waals surface area contributed by atoms with E-state index in [1.807, 2.05) is 0 Å². The highest BCUT2D eigenvalue weighted by Gasteiger charge is 2.12. The van der Waals surface area contributed by atoms with Gasteiger partial charge in [0.25, 0.3) is 5.69 Å². The standard InChI is InChI=1S/C10H15N3O3/c1-7-3-9(4-8(11)6-16-2)12-5-10(7)13(14)15/h3,5,8H,4,6,11H2,1-2H3. The molecule has 1 aromatic heterocycles. The highest BCUT2D eigenvalue weighted by atomic mass is 16.6. The summed E-state index contributed by atoms with van der Waals surface area (Å²) >= 11 is 0. The van der Waals surface area contributed by atoms with Crippen LogP contribution < -0.4 is 5.73 Å². The minimum atomic E-state index is -0.443. The first-order valence-corrected chi connectivity index (χ1v) is 4.89. The Kier molecular flexibility index (Phi) is 4.33. The molecule has 0 saturated heterocycles. The Balaban J connectivity index is 2.77. The third-order valence-electron chi connectivity index (χ3n) is 2.19. The van der Waals surface area contributed by atoms with Crippen LogP contribution >= 0.6 is 0 Å². The number of nitrogens with zero attached hydrogens (tertiary/aromatic N) is 2. The molecule has 0 fully saturated rings. The van der Waals surface area contributed by atoms with Crippen molar-refractivity contribution >= 4 is 5.69 Å². The van der Waals surface area contributed by atoms with E-state index in [-0.39, 0.29) is 11.7 Å². The number of hydrogen-bond donors (Lipinski definition) is 1. The molecular formula is C10H15N3O3. The predicted octanol–water partition coefficient (Wildman–Crippen LogP) is 0.814. The van der Waals surface area contributed by atoms with Gasteiger partial charge < -0.3 is 10.5 Å². The van der Waals surface area contributed by atoms with Gasteiger partial charge in [-0.2, -0.15) is 0 Å². The molecule has 0 aliphatic carbocycles. The first kappa shape index (κ1) is 12.5. The summed E-state index contributed by atoms with van der Waals surface area (Å²) in [6, 6.07) is 1.55. The molecule has 0 aromatic carbocycles. The fraction of sp³-hybridized carbons (Fsp3) is 0.500. The Morgan fingerprint density at radius 3 is 2.88 bits per heavy atom. The van der Waals surface area contributed by atoms with E-state index in [9.17, 15) is 10.1 Å². The van der Waals surface area contributed by atoms with Crippen LogP contribution in [-0.2, 0) is 11.2 Å². The van der Waals surface area contributed by atoms with E-state index in [2.05, 4.69) is 4.98 Å². The number of nitro groups is 1. The van der Waals surface area contributed by atoms with Crippen molar-refractivity contribution in [2.45, 2.75) is 19.4 Å². The molecule has 0 spiro atoms. The quantitative estimate of drug-likeness (QED) is 0.591. The maximum Gasteiger partial charge on any atom is 0.290 e. The molecule has 1 atom stereocenters. The summed E-state index contributed by atoms with van der Waals surface area (Å²) in [7, 11) is 1.58. The third kappa shape index (κ3) is 3.25. The van der Waals surface area contributed by atoms with Gasteiger partial charge in [0.15, 0.2) is 0 Å². The summed E-state index contributed by atoms with van der Waals surface area (Å²) in [5.74, 6) is 0. The monoisotopic (exact) mass is 225 g/mol. The normalized spacial score (nSPS) is 12.4. The van der Waals surface area contributed by atoms with E-state index in [4.69, 9.17) is 10.5 Å². The molecule has 0 amide bonds. The van der Waals surface area contributed by atoms with Crippen molar-refractivity contribution < 1.29 is 9.66 Å². The molecule has 0 radical (unpaired) electrons. The SMILES string of the molecule is COCC(N)Cc1cc(C)c([N+](=O)[O-])cn1. The van der Waals surface area contributed by atoms with Crippen LogP contribution in [0.4, 0.5) is 5.69 Å². The van der Waals surface area contributed by atoms with Gasteiger partial charge in [0.05, 0.1) is 11.5 Å². The first-order chi connectivity index (χ1) is 7.54. The zero-order valence-corrected chi connectivity index (χ0v) is 9.34. The summed E-state index contributed by atoms with van der Waals surface area (Å²) in [4.78, 5) is 14.1. The van der Waals surface area contributed by atoms with E-state index in [0.717, 1.165) is 5.69 Å². The number of rotatable bonds is 5. The molecule has 0 saturated carbocycles. The van der Waals surface area contributed by atoms with Crippen LogP contribution in [0, 0.1) is 17.0 Å². The number of ether oxygens (including phenoxy) is 1. The Labute approximate surface area is 93.6 Å². The molecule has 1 heterocycles. The van der Waals surface area contributed by atoms with E-state index in [1.54, 1.807) is 20.1 Å². The molecule has 1 aromatic rings. The van der Waals surface area contributed by atoms with Gasteiger partial charge in [0.2, 0.25) is 0 Å². The van der Waals surface area contributed by atoms with E-state index >= 15 is 0 Å². The maximum atomic E-state index is 10.6. The van der Waals surface area contributed by atoms with Crippen molar-refractivity contribution in [3.05, 3.63) is 33.6 Å². The first-order valence-electron chi connectivity index (χ1n) is 4.89. The highest BCUT2D eigenvalue weighted by molar-refractivity contribution is 5.37. The van der Waals surface area contributed by atoms with Crippen LogP contribution in [0.5, 0.6) is 0 Å². The smallest absolute Gasteiger partial charge is 0.290 e. The van der Waals surface area contributed by atoms with E-state index in [1.165, 1.54) is 6.20 Å². The maximum absolute atomic E-state index is 10.6. The number of pyridine rings is 1. The van der Waals surface area contributed by atoms with Gasteiger partial charge in [-0.1, -0.05) is 0 Å². The lowest BCUT2D eigenvalue weighted by Crippen LogP contribution is -2.28. The number of aromatic nitrogens is 1. The van der Waals surface area contributed by atoms with Crippen LogP contribution in [0.2, 0.25) is 0 Å². The van der Waals surface area contributed by atoms with Crippen molar-refractivity contribution in [2.75, 3.05) is 13.7 Å². The molecule has 1 rings (SSSR count). The van der Waals surface area contributed by atoms with Gasteiger partial charge >= 0.3 is 0 Å². The van der Waals surface area contributed by atoms with E-state index in [0.29, 0.717) is 18.6 Å². The average Bonchev–Trinajstić information content (AvgIpc) is 2.17. The largest absolute Gasteiger partial charge is 0.383 e. The second-order valence-corrected chi connectivity index (χ2v) is 3.64. The molecule has 0 aliphatic heterocycles. The van der Waals surface area contributed by atoms with Crippen LogP contribution in [0.15, 0.2) is 12.3 Å². The molecule has 6 nitrogen and oxygen atoms in total. The van der Waals surface area contributed by atoms with Crippen LogP contribution in [-0.4, -0.2) is 29.7 Å². The highest BCUT2D eigenvalue weighted by Crippen LogP contribution is 2.16. The molecule has 16 heavy (non-hydrogen) atoms. The fourth-order valence-electron chi connectivity index (χ4n) is 1.45. The van der Waals surface area contributed by atoms with E-state index < -0.39 is 4.92 Å². The van der Waals surface area contributed by atoms with Crippen molar-refractivity contribution in [3.63, 3.8) is 0 Å². The summed E-state index contributed by atoms with van der Waals surface area (Å²) in [6.07, 6.45) is 1.82. The lowest BCUT2D eigenvalue weighted by atomic mass is 10.1. The summed E-state index contributed by atoms with van der Waals surface area (Å²) in [5.41, 5.74) is 7.14. The Morgan fingerprint density at radius 2 is 2.38 bits per heavy atom. The van der Waals surface area contributed by atoms with Gasteiger partial charge in [-0.3, -0.25) is 15.1 Å². The number of hydrogen-bond acceptors (Lipinski definition) is 5. The van der Waals surface area contributed by atoms with Crippen molar-refractivity contribution in [1.82, 2.24) is 4.98 Å². The lowest BCUT2D eigenvalue weighted by Gasteiger charge is -2.09. The Hall–Kier alpha value is -1.53. The van der Waals surface area contributed by atoms with Gasteiger partial charge in [-0.25, -0.2) is 0 Å². The zero-order chi connectivity index (χ0) is 12.1. The van der Waals surface area contributed by atoms with Gasteiger partial charge in [0, 0.05) is 30.8 Å². The number of aryl methyl sites for hydroxylation is 1. The fourth-order valence-corrected chi connectivity index (χ4v) is 1.45. The second-order valence-electron chi connectivity index (χ2n) is 3.64. The molecule has 0 bridgehead atoms. The van der Waals surface area contributed by atoms with Crippen LogP contribution in [0.1, 0.15) is 11.3 Å². The van der Waals surface area contributed by atoms with Crippen molar-refractivity contribution in [2.24, 2.45) is 5.73 Å². The lowest BCUT2D eigenvalue weighted by molar-refractivity contribution is -0.385. The molecule has 88 valence electrons.